The van der Waals surface area contributed by atoms with Gasteiger partial charge in [0.1, 0.15) is 23.6 Å². The first-order valence-electron chi connectivity index (χ1n) is 11.9. The number of Topliss-reactive ketones (excluding diaryl/α,β-unsaturated/α-hetero) is 1. The highest BCUT2D eigenvalue weighted by molar-refractivity contribution is 5.90. The van der Waals surface area contributed by atoms with Crippen LogP contribution in [0.1, 0.15) is 51.5 Å². The molecule has 176 valence electrons. The van der Waals surface area contributed by atoms with Gasteiger partial charge in [-0.25, -0.2) is 0 Å². The van der Waals surface area contributed by atoms with Gasteiger partial charge in [0.2, 0.25) is 5.91 Å². The third-order valence-electron chi connectivity index (χ3n) is 7.85. The van der Waals surface area contributed by atoms with Gasteiger partial charge < -0.3 is 15.0 Å². The van der Waals surface area contributed by atoms with Crippen molar-refractivity contribution in [3.63, 3.8) is 0 Å². The number of nitrogens with one attached hydrogen (secondary N) is 1. The molecule has 1 aliphatic heterocycles. The molecule has 1 aromatic rings. The van der Waals surface area contributed by atoms with Crippen LogP contribution >= 0.6 is 0 Å². The molecule has 2 amide bonds. The maximum absolute atomic E-state index is 13.3. The number of carbonyl (C=O) groups excluding carboxylic acids is 3. The quantitative estimate of drug-likeness (QED) is 0.687. The van der Waals surface area contributed by atoms with Crippen LogP contribution in [0, 0.1) is 41.4 Å². The summed E-state index contributed by atoms with van der Waals surface area (Å²) < 4.78 is 5.67. The molecule has 1 N–H and O–H groups in total. The van der Waals surface area contributed by atoms with Crippen molar-refractivity contribution in [1.82, 2.24) is 10.2 Å². The predicted molar refractivity (Wildman–Crippen MR) is 122 cm³/mol. The van der Waals surface area contributed by atoms with E-state index in [-0.39, 0.29) is 47.4 Å². The number of benzene rings is 1. The molecule has 1 aromatic carbocycles. The van der Waals surface area contributed by atoms with Crippen LogP contribution in [-0.4, -0.2) is 47.7 Å². The van der Waals surface area contributed by atoms with Gasteiger partial charge >= 0.3 is 0 Å². The summed E-state index contributed by atoms with van der Waals surface area (Å²) in [5.74, 6) is 0.430. The van der Waals surface area contributed by atoms with Crippen molar-refractivity contribution in [2.75, 3.05) is 13.2 Å². The van der Waals surface area contributed by atoms with Crippen molar-refractivity contribution in [3.05, 3.63) is 29.8 Å². The van der Waals surface area contributed by atoms with Gasteiger partial charge in [0.25, 0.3) is 5.91 Å². The number of ketones is 1. The minimum atomic E-state index is -0.730. The first-order valence-corrected chi connectivity index (χ1v) is 11.9. The third kappa shape index (κ3) is 4.75. The fourth-order valence-electron chi connectivity index (χ4n) is 5.70. The second-order valence-electron chi connectivity index (χ2n) is 10.4. The topological polar surface area (TPSA) is 99.5 Å². The number of ether oxygens (including phenoxy) is 1. The van der Waals surface area contributed by atoms with Crippen LogP contribution in [0.25, 0.3) is 0 Å². The lowest BCUT2D eigenvalue weighted by Gasteiger charge is -2.31. The van der Waals surface area contributed by atoms with E-state index in [2.05, 4.69) is 25.2 Å². The number of amides is 2. The Hall–Kier alpha value is -2.88. The molecular weight excluding hydrogens is 418 g/mol. The Morgan fingerprint density at radius 3 is 2.67 bits per heavy atom. The number of carbonyl (C=O) groups is 3. The second kappa shape index (κ2) is 9.17. The lowest BCUT2D eigenvalue weighted by molar-refractivity contribution is -0.142. The monoisotopic (exact) mass is 451 g/mol. The number of piperidine rings is 1. The number of fused-ring (bicyclic) bond motifs is 1. The van der Waals surface area contributed by atoms with Crippen molar-refractivity contribution in [3.8, 4) is 11.8 Å². The van der Waals surface area contributed by atoms with E-state index in [1.807, 2.05) is 31.2 Å². The SMILES string of the molecule is Cc1ccc(OCC(=O)N2C[C@H]3[C@@H](C2C(=O)N[C@H](C#N)C[C@@H]2CCCCC2=O)C3(C)C)cc1. The Labute approximate surface area is 195 Å². The van der Waals surface area contributed by atoms with Gasteiger partial charge in [-0.05, 0) is 55.6 Å². The number of likely N-dealkylation sites (tertiary alicyclic amines) is 1. The van der Waals surface area contributed by atoms with Gasteiger partial charge in [-0.3, -0.25) is 14.4 Å². The zero-order valence-electron chi connectivity index (χ0n) is 19.7. The fraction of sp³-hybridized carbons (Fsp3) is 0.615. The summed E-state index contributed by atoms with van der Waals surface area (Å²) in [5.41, 5.74) is 1.09. The van der Waals surface area contributed by atoms with E-state index in [0.29, 0.717) is 25.1 Å². The smallest absolute Gasteiger partial charge is 0.261 e. The molecule has 7 nitrogen and oxygen atoms in total. The summed E-state index contributed by atoms with van der Waals surface area (Å²) in [4.78, 5) is 40.1. The molecule has 3 aliphatic rings. The van der Waals surface area contributed by atoms with E-state index in [1.165, 1.54) is 0 Å². The number of aryl methyl sites for hydroxylation is 1. The first-order chi connectivity index (χ1) is 15.7. The molecule has 0 aromatic heterocycles. The minimum Gasteiger partial charge on any atom is -0.484 e. The molecule has 33 heavy (non-hydrogen) atoms. The minimum absolute atomic E-state index is 0.0158. The highest BCUT2D eigenvalue weighted by Crippen LogP contribution is 2.64. The molecule has 1 heterocycles. The van der Waals surface area contributed by atoms with E-state index < -0.39 is 12.1 Å². The van der Waals surface area contributed by atoms with Crippen LogP contribution in [-0.2, 0) is 14.4 Å². The number of nitrogens with zero attached hydrogens (tertiary/aromatic N) is 2. The summed E-state index contributed by atoms with van der Waals surface area (Å²) in [7, 11) is 0. The van der Waals surface area contributed by atoms with Crippen LogP contribution in [0.2, 0.25) is 0 Å². The van der Waals surface area contributed by atoms with Crippen molar-refractivity contribution < 1.29 is 19.1 Å². The van der Waals surface area contributed by atoms with Crippen molar-refractivity contribution in [2.45, 2.75) is 65.0 Å². The molecule has 0 bridgehead atoms. The predicted octanol–water partition coefficient (Wildman–Crippen LogP) is 3.01. The van der Waals surface area contributed by atoms with Gasteiger partial charge in [-0.15, -0.1) is 0 Å². The summed E-state index contributed by atoms with van der Waals surface area (Å²) in [6.45, 7) is 6.61. The summed E-state index contributed by atoms with van der Waals surface area (Å²) >= 11 is 0. The van der Waals surface area contributed by atoms with Crippen molar-refractivity contribution in [1.29, 1.82) is 5.26 Å². The Bertz CT molecular complexity index is 965. The van der Waals surface area contributed by atoms with Gasteiger partial charge in [-0.1, -0.05) is 38.0 Å². The lowest BCUT2D eigenvalue weighted by atomic mass is 9.84. The molecule has 0 radical (unpaired) electrons. The number of rotatable bonds is 7. The number of nitriles is 1. The highest BCUT2D eigenvalue weighted by Gasteiger charge is 2.69. The van der Waals surface area contributed by atoms with E-state index in [9.17, 15) is 19.6 Å². The highest BCUT2D eigenvalue weighted by atomic mass is 16.5. The van der Waals surface area contributed by atoms with Crippen LogP contribution in [0.3, 0.4) is 0 Å². The molecule has 2 aliphatic carbocycles. The Balaban J connectivity index is 1.40. The van der Waals surface area contributed by atoms with Crippen LogP contribution < -0.4 is 10.1 Å². The number of hydrogen-bond donors (Lipinski definition) is 1. The summed E-state index contributed by atoms with van der Waals surface area (Å²) in [5, 5.41) is 12.5. The third-order valence-corrected chi connectivity index (χ3v) is 7.85. The molecular formula is C26H33N3O4. The maximum atomic E-state index is 13.3. The first kappa shape index (κ1) is 23.3. The zero-order valence-corrected chi connectivity index (χ0v) is 19.7. The van der Waals surface area contributed by atoms with E-state index >= 15 is 0 Å². The largest absolute Gasteiger partial charge is 0.484 e. The molecule has 7 heteroatoms. The lowest BCUT2D eigenvalue weighted by Crippen LogP contribution is -2.53. The molecule has 4 rings (SSSR count). The molecule has 1 saturated heterocycles. The molecule has 3 fully saturated rings. The summed E-state index contributed by atoms with van der Waals surface area (Å²) in [6, 6.07) is 8.29. The molecule has 5 atom stereocenters. The fourth-order valence-corrected chi connectivity index (χ4v) is 5.70. The normalized spacial score (nSPS) is 28.4. The van der Waals surface area contributed by atoms with Crippen molar-refractivity contribution >= 4 is 17.6 Å². The van der Waals surface area contributed by atoms with E-state index in [1.54, 1.807) is 4.90 Å². The molecule has 0 spiro atoms. The average Bonchev–Trinajstić information content (AvgIpc) is 3.12. The van der Waals surface area contributed by atoms with Gasteiger partial charge in [-0.2, -0.15) is 5.26 Å². The maximum Gasteiger partial charge on any atom is 0.261 e. The standard InChI is InChI=1S/C26H33N3O4/c1-16-8-10-19(11-9-16)33-15-22(31)29-14-20-23(26(20,2)3)24(29)25(32)28-18(13-27)12-17-6-4-5-7-21(17)30/h8-11,17-18,20,23-24H,4-7,12,14-15H2,1-3H3,(H,28,32)/t17-,18-,20-,23-,24?/m0/s1. The van der Waals surface area contributed by atoms with Gasteiger partial charge in [0, 0.05) is 18.9 Å². The Morgan fingerprint density at radius 1 is 1.27 bits per heavy atom. The van der Waals surface area contributed by atoms with Crippen LogP contribution in [0.4, 0.5) is 0 Å². The molecule has 2 saturated carbocycles. The average molecular weight is 452 g/mol. The zero-order chi connectivity index (χ0) is 23.8. The Kier molecular flexibility index (Phi) is 6.47. The van der Waals surface area contributed by atoms with Crippen LogP contribution in [0.5, 0.6) is 5.75 Å². The number of hydrogen-bond acceptors (Lipinski definition) is 5. The summed E-state index contributed by atoms with van der Waals surface area (Å²) in [6.07, 6.45) is 3.55. The molecule has 1 unspecified atom stereocenters. The van der Waals surface area contributed by atoms with Crippen molar-refractivity contribution in [2.24, 2.45) is 23.2 Å². The Morgan fingerprint density at radius 2 is 2.00 bits per heavy atom. The second-order valence-corrected chi connectivity index (χ2v) is 10.4. The van der Waals surface area contributed by atoms with Gasteiger partial charge in [0.15, 0.2) is 6.61 Å². The van der Waals surface area contributed by atoms with Crippen LogP contribution in [0.15, 0.2) is 24.3 Å². The van der Waals surface area contributed by atoms with E-state index in [4.69, 9.17) is 4.74 Å². The van der Waals surface area contributed by atoms with Gasteiger partial charge in [0.05, 0.1) is 6.07 Å². The van der Waals surface area contributed by atoms with E-state index in [0.717, 1.165) is 24.8 Å².